The largest absolute Gasteiger partial charge is 0.447 e. The number of thiazole rings is 1. The van der Waals surface area contributed by atoms with E-state index in [1.54, 1.807) is 12.3 Å². The van der Waals surface area contributed by atoms with Gasteiger partial charge in [-0.15, -0.1) is 11.3 Å². The number of sulfone groups is 1. The van der Waals surface area contributed by atoms with E-state index in [9.17, 15) is 21.6 Å². The quantitative estimate of drug-likeness (QED) is 0.363. The predicted molar refractivity (Wildman–Crippen MR) is 160 cm³/mol. The first-order valence-corrected chi connectivity index (χ1v) is 18.2. The number of hydrogen-bond donors (Lipinski definition) is 2. The van der Waals surface area contributed by atoms with Crippen molar-refractivity contribution in [2.75, 3.05) is 47.9 Å². The average molecular weight is 665 g/mol. The second kappa shape index (κ2) is 10.6. The van der Waals surface area contributed by atoms with Crippen LogP contribution in [0.5, 0.6) is 0 Å². The van der Waals surface area contributed by atoms with Gasteiger partial charge in [-0.2, -0.15) is 12.7 Å². The van der Waals surface area contributed by atoms with Gasteiger partial charge >= 0.3 is 16.3 Å². The Labute approximate surface area is 257 Å². The van der Waals surface area contributed by atoms with Crippen molar-refractivity contribution >= 4 is 49.1 Å². The van der Waals surface area contributed by atoms with Crippen molar-refractivity contribution in [3.63, 3.8) is 0 Å². The number of benzene rings is 1. The van der Waals surface area contributed by atoms with Crippen molar-refractivity contribution in [3.8, 4) is 21.8 Å². The Morgan fingerprint density at radius 3 is 2.57 bits per heavy atom. The Morgan fingerprint density at radius 1 is 1.11 bits per heavy atom. The van der Waals surface area contributed by atoms with E-state index in [0.717, 1.165) is 17.8 Å². The fourth-order valence-corrected chi connectivity index (χ4v) is 10.6. The van der Waals surface area contributed by atoms with Gasteiger partial charge in [0, 0.05) is 36.4 Å². The van der Waals surface area contributed by atoms with E-state index in [-0.39, 0.29) is 64.9 Å². The normalized spacial score (nSPS) is 25.4. The molecule has 2 aromatic heterocycles. The van der Waals surface area contributed by atoms with E-state index in [0.29, 0.717) is 34.0 Å². The van der Waals surface area contributed by atoms with Crippen LogP contribution in [0, 0.1) is 17.7 Å². The maximum Gasteiger partial charge on any atom is 0.425 e. The Bertz CT molecular complexity index is 1840. The van der Waals surface area contributed by atoms with Crippen molar-refractivity contribution in [2.45, 2.75) is 31.2 Å². The number of anilines is 2. The lowest BCUT2D eigenvalue weighted by atomic mass is 9.83. The molecule has 1 amide bonds. The lowest BCUT2D eigenvalue weighted by Gasteiger charge is -2.31. The summed E-state index contributed by atoms with van der Waals surface area (Å²) in [6, 6.07) is 5.95. The third-order valence-electron chi connectivity index (χ3n) is 8.65. The molecule has 3 aliphatic heterocycles. The van der Waals surface area contributed by atoms with E-state index in [4.69, 9.17) is 19.4 Å². The van der Waals surface area contributed by atoms with Crippen LogP contribution in [0.2, 0.25) is 0 Å². The number of aromatic nitrogens is 3. The van der Waals surface area contributed by atoms with Crippen LogP contribution < -0.4 is 10.0 Å². The number of amides is 1. The van der Waals surface area contributed by atoms with Gasteiger partial charge in [0.1, 0.15) is 6.61 Å². The molecule has 7 rings (SSSR count). The molecule has 0 spiro atoms. The first kappa shape index (κ1) is 29.3. The molecular formula is C27H29FN6O7S3. The van der Waals surface area contributed by atoms with Gasteiger partial charge in [-0.1, -0.05) is 13.0 Å². The van der Waals surface area contributed by atoms with Gasteiger partial charge in [-0.3, -0.25) is 4.72 Å². The number of cyclic esters (lactones) is 1. The zero-order valence-corrected chi connectivity index (χ0v) is 26.0. The fourth-order valence-electron chi connectivity index (χ4n) is 6.03. The summed E-state index contributed by atoms with van der Waals surface area (Å²) < 4.78 is 78.6. The number of nitrogens with one attached hydrogen (secondary N) is 2. The monoisotopic (exact) mass is 664 g/mol. The summed E-state index contributed by atoms with van der Waals surface area (Å²) in [6.07, 6.45) is 1.99. The summed E-state index contributed by atoms with van der Waals surface area (Å²) in [5.41, 5.74) is 0.154. The van der Waals surface area contributed by atoms with Crippen LogP contribution in [0.3, 0.4) is 0 Å². The number of rotatable bonds is 8. The molecule has 4 fully saturated rings. The molecule has 234 valence electrons. The average Bonchev–Trinajstić information content (AvgIpc) is 3.41. The smallest absolute Gasteiger partial charge is 0.425 e. The zero-order chi connectivity index (χ0) is 30.9. The van der Waals surface area contributed by atoms with Crippen molar-refractivity contribution in [1.82, 2.24) is 19.3 Å². The molecule has 4 aliphatic rings. The maximum atomic E-state index is 16.2. The van der Waals surface area contributed by atoms with Gasteiger partial charge in [0.25, 0.3) is 0 Å². The minimum Gasteiger partial charge on any atom is -0.447 e. The molecule has 0 bridgehead atoms. The molecule has 17 heteroatoms. The highest BCUT2D eigenvalue weighted by atomic mass is 32.2. The van der Waals surface area contributed by atoms with Crippen LogP contribution in [0.4, 0.5) is 20.8 Å². The standard InChI is InChI=1S/C27H29FN6O7S3/c1-27(6-10-40-11-7-27)24-31-22(15-3-2-4-18(20(15)28)33-44(38,39)34-9-12-41-26(34)35)23(42-24)19-5-8-29-25(30-19)32-21-16-13-43(36,37)14-17(16)21/h2-5,8,16-17,21,33H,6-7,9-14H2,1H3,(H,29,30,32)/t16-,17+,21-. The zero-order valence-electron chi connectivity index (χ0n) is 23.5. The second-order valence-corrected chi connectivity index (χ2v) is 16.4. The molecule has 0 radical (unpaired) electrons. The highest BCUT2D eigenvalue weighted by Crippen LogP contribution is 2.49. The van der Waals surface area contributed by atoms with Gasteiger partial charge in [0.2, 0.25) is 5.95 Å². The topological polar surface area (TPSA) is 170 Å². The van der Waals surface area contributed by atoms with Crippen LogP contribution in [-0.4, -0.2) is 86.1 Å². The Hall–Kier alpha value is -3.41. The van der Waals surface area contributed by atoms with Crippen LogP contribution >= 0.6 is 11.3 Å². The third kappa shape index (κ3) is 5.28. The minimum atomic E-state index is -4.42. The predicted octanol–water partition coefficient (Wildman–Crippen LogP) is 3.04. The van der Waals surface area contributed by atoms with E-state index >= 15 is 4.39 Å². The van der Waals surface area contributed by atoms with Crippen LogP contribution in [0.1, 0.15) is 24.8 Å². The van der Waals surface area contributed by atoms with E-state index in [1.165, 1.54) is 29.5 Å². The molecule has 1 aliphatic carbocycles. The first-order valence-electron chi connectivity index (χ1n) is 14.1. The number of carbonyl (C=O) groups excluding carboxylic acids is 1. The number of ether oxygens (including phenoxy) is 2. The van der Waals surface area contributed by atoms with Gasteiger partial charge in [0.05, 0.1) is 45.0 Å². The van der Waals surface area contributed by atoms with Crippen molar-refractivity contribution in [1.29, 1.82) is 0 Å². The van der Waals surface area contributed by atoms with Crippen LogP contribution in [0.15, 0.2) is 30.5 Å². The number of fused-ring (bicyclic) bond motifs is 1. The summed E-state index contributed by atoms with van der Waals surface area (Å²) >= 11 is 1.38. The van der Waals surface area contributed by atoms with E-state index < -0.39 is 32.0 Å². The maximum absolute atomic E-state index is 16.2. The van der Waals surface area contributed by atoms with E-state index in [1.807, 2.05) is 0 Å². The van der Waals surface area contributed by atoms with E-state index in [2.05, 4.69) is 21.9 Å². The lowest BCUT2D eigenvalue weighted by molar-refractivity contribution is 0.0564. The van der Waals surface area contributed by atoms with Gasteiger partial charge in [-0.25, -0.2) is 32.6 Å². The van der Waals surface area contributed by atoms with Crippen LogP contribution in [0.25, 0.3) is 21.8 Å². The first-order chi connectivity index (χ1) is 20.9. The highest BCUT2D eigenvalue weighted by Gasteiger charge is 2.59. The Balaban J connectivity index is 1.25. The minimum absolute atomic E-state index is 0.0264. The molecule has 13 nitrogen and oxygen atoms in total. The third-order valence-corrected chi connectivity index (χ3v) is 13.2. The number of nitrogens with zero attached hydrogens (tertiary/aromatic N) is 4. The highest BCUT2D eigenvalue weighted by molar-refractivity contribution is 7.91. The lowest BCUT2D eigenvalue weighted by Crippen LogP contribution is -2.36. The Kier molecular flexibility index (Phi) is 7.06. The molecule has 5 heterocycles. The number of halogens is 1. The molecule has 1 aromatic carbocycles. The molecule has 3 saturated heterocycles. The second-order valence-electron chi connectivity index (χ2n) is 11.7. The molecule has 2 N–H and O–H groups in total. The van der Waals surface area contributed by atoms with Crippen LogP contribution in [-0.2, 0) is 34.9 Å². The molecule has 1 saturated carbocycles. The van der Waals surface area contributed by atoms with Crippen molar-refractivity contribution in [2.24, 2.45) is 11.8 Å². The van der Waals surface area contributed by atoms with Crippen molar-refractivity contribution < 1.29 is 35.5 Å². The fraction of sp³-hybridized carbons (Fsp3) is 0.481. The summed E-state index contributed by atoms with van der Waals surface area (Å²) in [5.74, 6) is -0.158. The SMILES string of the molecule is CC1(c2nc(-c3cccc(NS(=O)(=O)N4CCOC4=O)c3F)c(-c3ccnc(N[C@@H]4[C@@H]5CS(=O)(=O)C[C@@H]54)n3)s2)CCOCC1. The number of hydrogen-bond acceptors (Lipinski definition) is 12. The van der Waals surface area contributed by atoms with Gasteiger partial charge in [0.15, 0.2) is 15.7 Å². The van der Waals surface area contributed by atoms with Gasteiger partial charge in [-0.05, 0) is 42.9 Å². The molecule has 3 atom stereocenters. The molecule has 0 unspecified atom stereocenters. The summed E-state index contributed by atoms with van der Waals surface area (Å²) in [4.78, 5) is 26.4. The van der Waals surface area contributed by atoms with Gasteiger partial charge < -0.3 is 14.8 Å². The molecule has 44 heavy (non-hydrogen) atoms. The Morgan fingerprint density at radius 2 is 1.86 bits per heavy atom. The summed E-state index contributed by atoms with van der Waals surface area (Å²) in [6.45, 7) is 2.94. The summed E-state index contributed by atoms with van der Waals surface area (Å²) in [5, 5.41) is 4.04. The van der Waals surface area contributed by atoms with Crippen molar-refractivity contribution in [3.05, 3.63) is 41.3 Å². The molecular weight excluding hydrogens is 636 g/mol. The number of carbonyl (C=O) groups is 1. The molecule has 3 aromatic rings. The summed E-state index contributed by atoms with van der Waals surface area (Å²) in [7, 11) is -7.42.